The normalized spacial score (nSPS) is 15.1. The average molecular weight is 288 g/mol. The van der Waals surface area contributed by atoms with Gasteiger partial charge in [0, 0.05) is 32.5 Å². The van der Waals surface area contributed by atoms with Crippen LogP contribution in [0.25, 0.3) is 0 Å². The third-order valence-corrected chi connectivity index (χ3v) is 3.89. The van der Waals surface area contributed by atoms with Crippen LogP contribution < -0.4 is 5.32 Å². The van der Waals surface area contributed by atoms with Gasteiger partial charge in [-0.3, -0.25) is 9.59 Å². The fraction of sp³-hybridized carbons (Fsp3) is 0.529. The molecule has 1 saturated heterocycles. The van der Waals surface area contributed by atoms with Crippen LogP contribution in [0.4, 0.5) is 0 Å². The Morgan fingerprint density at radius 2 is 2.00 bits per heavy atom. The third-order valence-electron chi connectivity index (χ3n) is 3.89. The largest absolute Gasteiger partial charge is 0.356 e. The molecule has 1 aliphatic rings. The summed E-state index contributed by atoms with van der Waals surface area (Å²) in [6.07, 6.45) is 3.92. The predicted molar refractivity (Wildman–Crippen MR) is 82.9 cm³/mol. The highest BCUT2D eigenvalue weighted by Crippen LogP contribution is 2.10. The number of carbonyl (C=O) groups is 2. The van der Waals surface area contributed by atoms with Gasteiger partial charge in [0.05, 0.1) is 0 Å². The van der Waals surface area contributed by atoms with E-state index in [1.807, 2.05) is 4.90 Å². The van der Waals surface area contributed by atoms with Crippen molar-refractivity contribution in [1.82, 2.24) is 10.2 Å². The summed E-state index contributed by atoms with van der Waals surface area (Å²) in [7, 11) is 0. The molecule has 0 bridgehead atoms. The number of hydrogen-bond donors (Lipinski definition) is 1. The first-order valence-corrected chi connectivity index (χ1v) is 7.75. The number of piperidine rings is 1. The molecule has 0 radical (unpaired) electrons. The molecule has 4 heteroatoms. The van der Waals surface area contributed by atoms with E-state index in [-0.39, 0.29) is 11.8 Å². The number of carbonyl (C=O) groups excluding carboxylic acids is 2. The van der Waals surface area contributed by atoms with Gasteiger partial charge >= 0.3 is 0 Å². The predicted octanol–water partition coefficient (Wildman–Crippen LogP) is 2.06. The summed E-state index contributed by atoms with van der Waals surface area (Å²) in [5.41, 5.74) is 2.47. The van der Waals surface area contributed by atoms with E-state index in [2.05, 4.69) is 36.5 Å². The summed E-state index contributed by atoms with van der Waals surface area (Å²) in [6, 6.07) is 8.35. The zero-order valence-corrected chi connectivity index (χ0v) is 12.7. The fourth-order valence-corrected chi connectivity index (χ4v) is 2.52. The molecule has 1 aromatic rings. The number of hydrogen-bond acceptors (Lipinski definition) is 2. The molecule has 1 heterocycles. The zero-order valence-electron chi connectivity index (χ0n) is 12.7. The summed E-state index contributed by atoms with van der Waals surface area (Å²) in [5, 5.41) is 2.92. The maximum atomic E-state index is 11.8. The van der Waals surface area contributed by atoms with Crippen LogP contribution in [0.15, 0.2) is 24.3 Å². The summed E-state index contributed by atoms with van der Waals surface area (Å²) in [5.74, 6) is 0.217. The molecule has 0 spiro atoms. The lowest BCUT2D eigenvalue weighted by Gasteiger charge is -2.26. The van der Waals surface area contributed by atoms with Crippen LogP contribution in [0.1, 0.15) is 36.8 Å². The van der Waals surface area contributed by atoms with E-state index >= 15 is 0 Å². The Balaban J connectivity index is 1.63. The highest BCUT2D eigenvalue weighted by Gasteiger charge is 2.18. The van der Waals surface area contributed by atoms with Crippen LogP contribution in [0, 0.1) is 6.92 Å². The van der Waals surface area contributed by atoms with Crippen molar-refractivity contribution < 1.29 is 9.59 Å². The first kappa shape index (κ1) is 15.5. The van der Waals surface area contributed by atoms with Gasteiger partial charge in [0.2, 0.25) is 11.8 Å². The zero-order chi connectivity index (χ0) is 15.1. The van der Waals surface area contributed by atoms with Gasteiger partial charge in [-0.15, -0.1) is 0 Å². The topological polar surface area (TPSA) is 49.4 Å². The number of nitrogens with zero attached hydrogens (tertiary/aromatic N) is 1. The molecule has 0 aliphatic carbocycles. The van der Waals surface area contributed by atoms with Crippen molar-refractivity contribution >= 4 is 11.8 Å². The van der Waals surface area contributed by atoms with E-state index in [1.54, 1.807) is 0 Å². The molecule has 2 rings (SSSR count). The van der Waals surface area contributed by atoms with Crippen molar-refractivity contribution in [3.8, 4) is 0 Å². The third kappa shape index (κ3) is 5.21. The molecule has 0 saturated carbocycles. The molecule has 1 N–H and O–H groups in total. The highest BCUT2D eigenvalue weighted by atomic mass is 16.2. The number of benzene rings is 1. The number of aryl methyl sites for hydroxylation is 1. The Kier molecular flexibility index (Phi) is 5.78. The molecule has 1 aromatic carbocycles. The molecule has 114 valence electrons. The van der Waals surface area contributed by atoms with Gasteiger partial charge in [0.25, 0.3) is 0 Å². The lowest BCUT2D eigenvalue weighted by atomic mass is 10.1. The first-order valence-electron chi connectivity index (χ1n) is 7.75. The fourth-order valence-electron chi connectivity index (χ4n) is 2.52. The van der Waals surface area contributed by atoms with Gasteiger partial charge in [0.15, 0.2) is 0 Å². The number of rotatable bonds is 6. The number of likely N-dealkylation sites (tertiary alicyclic amines) is 1. The van der Waals surface area contributed by atoms with E-state index in [9.17, 15) is 9.59 Å². The first-order chi connectivity index (χ1) is 10.1. The van der Waals surface area contributed by atoms with Crippen molar-refractivity contribution in [2.45, 2.75) is 39.0 Å². The van der Waals surface area contributed by atoms with Crippen molar-refractivity contribution in [2.24, 2.45) is 0 Å². The average Bonchev–Trinajstić information content (AvgIpc) is 2.48. The van der Waals surface area contributed by atoms with Crippen LogP contribution in [-0.4, -0.2) is 36.3 Å². The SMILES string of the molecule is Cc1ccc(CCNC(=O)CCN2CCCCC2=O)cc1. The van der Waals surface area contributed by atoms with E-state index < -0.39 is 0 Å². The van der Waals surface area contributed by atoms with Gasteiger partial charge in [-0.25, -0.2) is 0 Å². The van der Waals surface area contributed by atoms with Crippen molar-refractivity contribution in [1.29, 1.82) is 0 Å². The monoisotopic (exact) mass is 288 g/mol. The summed E-state index contributed by atoms with van der Waals surface area (Å²) in [4.78, 5) is 25.2. The Labute approximate surface area is 126 Å². The van der Waals surface area contributed by atoms with Gasteiger partial charge < -0.3 is 10.2 Å². The van der Waals surface area contributed by atoms with Crippen molar-refractivity contribution in [2.75, 3.05) is 19.6 Å². The van der Waals surface area contributed by atoms with Gasteiger partial charge in [-0.2, -0.15) is 0 Å². The molecule has 0 aromatic heterocycles. The minimum Gasteiger partial charge on any atom is -0.356 e. The molecular formula is C17H24N2O2. The van der Waals surface area contributed by atoms with E-state index in [1.165, 1.54) is 11.1 Å². The van der Waals surface area contributed by atoms with Gasteiger partial charge in [-0.05, 0) is 31.7 Å². The molecule has 2 amide bonds. The molecular weight excluding hydrogens is 264 g/mol. The van der Waals surface area contributed by atoms with E-state index in [0.29, 0.717) is 25.9 Å². The van der Waals surface area contributed by atoms with Gasteiger partial charge in [-0.1, -0.05) is 29.8 Å². The van der Waals surface area contributed by atoms with Gasteiger partial charge in [0.1, 0.15) is 0 Å². The van der Waals surface area contributed by atoms with Crippen molar-refractivity contribution in [3.05, 3.63) is 35.4 Å². The second kappa shape index (κ2) is 7.81. The molecule has 0 unspecified atom stereocenters. The Morgan fingerprint density at radius 3 is 2.71 bits per heavy atom. The second-order valence-corrected chi connectivity index (χ2v) is 5.67. The quantitative estimate of drug-likeness (QED) is 0.871. The number of amides is 2. The molecule has 1 fully saturated rings. The highest BCUT2D eigenvalue weighted by molar-refractivity contribution is 5.79. The number of nitrogens with one attached hydrogen (secondary N) is 1. The standard InChI is InChI=1S/C17H24N2O2/c1-14-5-7-15(8-6-14)9-11-18-16(20)10-13-19-12-3-2-4-17(19)21/h5-8H,2-4,9-13H2,1H3,(H,18,20). The van der Waals surface area contributed by atoms with Crippen LogP contribution in [0.2, 0.25) is 0 Å². The minimum absolute atomic E-state index is 0.0282. The molecule has 21 heavy (non-hydrogen) atoms. The Hall–Kier alpha value is -1.84. The second-order valence-electron chi connectivity index (χ2n) is 5.67. The Bertz CT molecular complexity index is 482. The molecule has 1 aliphatic heterocycles. The van der Waals surface area contributed by atoms with Crippen molar-refractivity contribution in [3.63, 3.8) is 0 Å². The summed E-state index contributed by atoms with van der Waals surface area (Å²) < 4.78 is 0. The van der Waals surface area contributed by atoms with Crippen LogP contribution in [-0.2, 0) is 16.0 Å². The van der Waals surface area contributed by atoms with Crippen LogP contribution in [0.3, 0.4) is 0 Å². The van der Waals surface area contributed by atoms with Crippen LogP contribution >= 0.6 is 0 Å². The molecule has 0 atom stereocenters. The van der Waals surface area contributed by atoms with E-state index in [4.69, 9.17) is 0 Å². The maximum absolute atomic E-state index is 11.8. The molecule has 4 nitrogen and oxygen atoms in total. The smallest absolute Gasteiger partial charge is 0.222 e. The Morgan fingerprint density at radius 1 is 1.24 bits per heavy atom. The summed E-state index contributed by atoms with van der Waals surface area (Å²) >= 11 is 0. The lowest BCUT2D eigenvalue weighted by molar-refractivity contribution is -0.133. The summed E-state index contributed by atoms with van der Waals surface area (Å²) in [6.45, 7) is 4.06. The van der Waals surface area contributed by atoms with E-state index in [0.717, 1.165) is 25.8 Å². The lowest BCUT2D eigenvalue weighted by Crippen LogP contribution is -2.38. The maximum Gasteiger partial charge on any atom is 0.222 e. The van der Waals surface area contributed by atoms with Crippen LogP contribution in [0.5, 0.6) is 0 Å². The minimum atomic E-state index is 0.0282.